The molecule has 8 nitrogen and oxygen atoms in total. The van der Waals surface area contributed by atoms with Crippen LogP contribution in [0.2, 0.25) is 0 Å². The Morgan fingerprint density at radius 3 is 2.56 bits per heavy atom. The maximum absolute atomic E-state index is 13.9. The fourth-order valence-electron chi connectivity index (χ4n) is 3.83. The zero-order valence-corrected chi connectivity index (χ0v) is 18.4. The van der Waals surface area contributed by atoms with E-state index in [1.54, 1.807) is 0 Å². The molecule has 13 heteroatoms. The first-order chi connectivity index (χ1) is 16.9. The van der Waals surface area contributed by atoms with Crippen LogP contribution in [-0.2, 0) is 0 Å². The number of alkyl halides is 5. The van der Waals surface area contributed by atoms with Gasteiger partial charge in [0, 0.05) is 18.2 Å². The quantitative estimate of drug-likeness (QED) is 0.510. The molecule has 0 spiro atoms. The van der Waals surface area contributed by atoms with Crippen molar-refractivity contribution < 1.29 is 36.6 Å². The highest BCUT2D eigenvalue weighted by molar-refractivity contribution is 5.95. The Balaban J connectivity index is 1.73. The molecule has 2 N–H and O–H groups in total. The van der Waals surface area contributed by atoms with E-state index in [1.807, 2.05) is 0 Å². The van der Waals surface area contributed by atoms with E-state index in [-0.39, 0.29) is 29.8 Å². The number of carbonyl (C=O) groups is 1. The molecule has 1 aliphatic rings. The molecule has 1 saturated carbocycles. The maximum atomic E-state index is 13.9. The minimum absolute atomic E-state index is 0.0247. The number of halogens is 5. The molecule has 4 rings (SSSR count). The maximum Gasteiger partial charge on any atom is 0.573 e. The molecule has 2 heterocycles. The van der Waals surface area contributed by atoms with Crippen molar-refractivity contribution in [2.24, 2.45) is 0 Å². The van der Waals surface area contributed by atoms with E-state index in [2.05, 4.69) is 20.1 Å². The molecular weight excluding hydrogens is 491 g/mol. The van der Waals surface area contributed by atoms with Crippen LogP contribution in [0.15, 0.2) is 59.7 Å². The molecular formula is C23H19F5N4O4. The summed E-state index contributed by atoms with van der Waals surface area (Å²) in [5.41, 5.74) is -0.921. The second-order valence-electron chi connectivity index (χ2n) is 8.12. The van der Waals surface area contributed by atoms with Crippen LogP contribution in [-0.4, -0.2) is 50.2 Å². The fraction of sp³-hybridized carbons (Fsp3) is 0.304. The van der Waals surface area contributed by atoms with Crippen LogP contribution < -0.4 is 15.6 Å². The number of benzene rings is 1. The van der Waals surface area contributed by atoms with Crippen LogP contribution >= 0.6 is 0 Å². The van der Waals surface area contributed by atoms with E-state index in [4.69, 9.17) is 0 Å². The summed E-state index contributed by atoms with van der Waals surface area (Å²) in [4.78, 5) is 30.0. The lowest BCUT2D eigenvalue weighted by Crippen LogP contribution is -2.54. The van der Waals surface area contributed by atoms with Gasteiger partial charge >= 0.3 is 6.36 Å². The summed E-state index contributed by atoms with van der Waals surface area (Å²) in [6.45, 7) is 0. The first-order valence-electron chi connectivity index (χ1n) is 10.7. The van der Waals surface area contributed by atoms with Gasteiger partial charge in [-0.3, -0.25) is 14.6 Å². The molecule has 1 fully saturated rings. The van der Waals surface area contributed by atoms with Gasteiger partial charge < -0.3 is 15.2 Å². The molecule has 2 atom stereocenters. The molecule has 0 radical (unpaired) electrons. The number of nitrogens with zero attached hydrogens (tertiary/aromatic N) is 3. The Morgan fingerprint density at radius 2 is 1.92 bits per heavy atom. The second kappa shape index (κ2) is 9.64. The third-order valence-corrected chi connectivity index (χ3v) is 5.59. The molecule has 36 heavy (non-hydrogen) atoms. The van der Waals surface area contributed by atoms with Gasteiger partial charge in [-0.15, -0.1) is 13.2 Å². The minimum atomic E-state index is -4.89. The monoisotopic (exact) mass is 510 g/mol. The van der Waals surface area contributed by atoms with Crippen molar-refractivity contribution in [3.05, 3.63) is 70.8 Å². The molecule has 3 aromatic rings. The van der Waals surface area contributed by atoms with Gasteiger partial charge in [-0.1, -0.05) is 0 Å². The highest BCUT2D eigenvalue weighted by Crippen LogP contribution is 2.34. The zero-order valence-electron chi connectivity index (χ0n) is 18.4. The van der Waals surface area contributed by atoms with Crippen molar-refractivity contribution in [3.8, 4) is 22.7 Å². The van der Waals surface area contributed by atoms with Gasteiger partial charge in [0.15, 0.2) is 0 Å². The average Bonchev–Trinajstić information content (AvgIpc) is 2.82. The molecule has 1 aromatic carbocycles. The Morgan fingerprint density at radius 1 is 1.19 bits per heavy atom. The van der Waals surface area contributed by atoms with E-state index in [1.165, 1.54) is 36.7 Å². The standard InChI is InChI=1S/C23H19F5N4O4/c24-22(25)9-1-4-17(19(22)33)30-20(34)16-11-18(13-5-7-15(8-6-13)36-23(26,27)28)31-32(21(16)35)14-3-2-10-29-12-14/h2-3,5-8,10-12,17,19,33H,1,4,9H2,(H,30,34). The molecule has 0 bridgehead atoms. The number of ether oxygens (including phenoxy) is 1. The van der Waals surface area contributed by atoms with Gasteiger partial charge in [-0.05, 0) is 55.3 Å². The van der Waals surface area contributed by atoms with Crippen molar-refractivity contribution in [2.45, 2.75) is 43.7 Å². The summed E-state index contributed by atoms with van der Waals surface area (Å²) in [5, 5.41) is 16.5. The summed E-state index contributed by atoms with van der Waals surface area (Å²) >= 11 is 0. The summed E-state index contributed by atoms with van der Waals surface area (Å²) in [5.74, 6) is -4.90. The number of carbonyl (C=O) groups excluding carboxylic acids is 1. The summed E-state index contributed by atoms with van der Waals surface area (Å²) in [6, 6.07) is 7.36. The van der Waals surface area contributed by atoms with Crippen molar-refractivity contribution >= 4 is 5.91 Å². The highest BCUT2D eigenvalue weighted by Gasteiger charge is 2.46. The number of amides is 1. The van der Waals surface area contributed by atoms with E-state index >= 15 is 0 Å². The van der Waals surface area contributed by atoms with Gasteiger partial charge in [0.05, 0.1) is 23.6 Å². The van der Waals surface area contributed by atoms with Crippen LogP contribution in [0.4, 0.5) is 22.0 Å². The summed E-state index contributed by atoms with van der Waals surface area (Å²) in [6.07, 6.45) is -4.67. The Kier molecular flexibility index (Phi) is 6.76. The number of rotatable bonds is 5. The van der Waals surface area contributed by atoms with Crippen molar-refractivity contribution in [2.75, 3.05) is 0 Å². The smallest absolute Gasteiger partial charge is 0.406 e. The number of nitrogens with one attached hydrogen (secondary N) is 1. The Hall–Kier alpha value is -3.87. The number of hydrogen-bond donors (Lipinski definition) is 2. The molecule has 0 saturated heterocycles. The van der Waals surface area contributed by atoms with Gasteiger partial charge in [0.2, 0.25) is 0 Å². The topological polar surface area (TPSA) is 106 Å². The normalized spacial score (nSPS) is 19.5. The average molecular weight is 510 g/mol. The Bertz CT molecular complexity index is 1300. The first-order valence-corrected chi connectivity index (χ1v) is 10.7. The molecule has 0 aliphatic heterocycles. The second-order valence-corrected chi connectivity index (χ2v) is 8.12. The summed E-state index contributed by atoms with van der Waals surface area (Å²) in [7, 11) is 0. The van der Waals surface area contributed by atoms with Crippen LogP contribution in [0.25, 0.3) is 16.9 Å². The van der Waals surface area contributed by atoms with Crippen molar-refractivity contribution in [1.82, 2.24) is 20.1 Å². The minimum Gasteiger partial charge on any atom is -0.406 e. The lowest BCUT2D eigenvalue weighted by molar-refractivity contribution is -0.274. The predicted octanol–water partition coefficient (Wildman–Crippen LogP) is 3.47. The lowest BCUT2D eigenvalue weighted by atomic mass is 9.89. The van der Waals surface area contributed by atoms with Crippen LogP contribution in [0.3, 0.4) is 0 Å². The SMILES string of the molecule is O=C(NC1CCCC(F)(F)C1O)c1cc(-c2ccc(OC(F)(F)F)cc2)nn(-c2cccnc2)c1=O. The lowest BCUT2D eigenvalue weighted by Gasteiger charge is -2.34. The van der Waals surface area contributed by atoms with Gasteiger partial charge in [-0.2, -0.15) is 9.78 Å². The third-order valence-electron chi connectivity index (χ3n) is 5.59. The van der Waals surface area contributed by atoms with Crippen molar-refractivity contribution in [1.29, 1.82) is 0 Å². The predicted molar refractivity (Wildman–Crippen MR) is 116 cm³/mol. The van der Waals surface area contributed by atoms with E-state index in [0.29, 0.717) is 0 Å². The fourth-order valence-corrected chi connectivity index (χ4v) is 3.83. The molecule has 1 aliphatic carbocycles. The van der Waals surface area contributed by atoms with Gasteiger partial charge in [0.1, 0.15) is 17.4 Å². The molecule has 1 amide bonds. The molecule has 190 valence electrons. The first kappa shape index (κ1) is 25.2. The number of aliphatic hydroxyl groups excluding tert-OH is 1. The number of aliphatic hydroxyl groups is 1. The van der Waals surface area contributed by atoms with Crippen LogP contribution in [0.5, 0.6) is 5.75 Å². The van der Waals surface area contributed by atoms with Gasteiger partial charge in [0.25, 0.3) is 17.4 Å². The highest BCUT2D eigenvalue weighted by atomic mass is 19.4. The zero-order chi connectivity index (χ0) is 26.1. The molecule has 2 unspecified atom stereocenters. The summed E-state index contributed by atoms with van der Waals surface area (Å²) < 4.78 is 70.0. The van der Waals surface area contributed by atoms with Crippen LogP contribution in [0.1, 0.15) is 29.6 Å². The third kappa shape index (κ3) is 5.51. The molecule has 2 aromatic heterocycles. The van der Waals surface area contributed by atoms with E-state index in [0.717, 1.165) is 22.9 Å². The van der Waals surface area contributed by atoms with Gasteiger partial charge in [-0.25, -0.2) is 8.78 Å². The number of pyridine rings is 1. The van der Waals surface area contributed by atoms with Crippen LogP contribution in [0, 0.1) is 0 Å². The van der Waals surface area contributed by atoms with E-state index in [9.17, 15) is 36.6 Å². The van der Waals surface area contributed by atoms with E-state index < -0.39 is 53.6 Å². The Labute approximate surface area is 200 Å². The number of hydrogen-bond acceptors (Lipinski definition) is 6. The number of aromatic nitrogens is 3. The largest absolute Gasteiger partial charge is 0.573 e. The van der Waals surface area contributed by atoms with Crippen molar-refractivity contribution in [3.63, 3.8) is 0 Å².